The number of alkyl halides is 2. The third-order valence-electron chi connectivity index (χ3n) is 2.76. The third-order valence-corrected chi connectivity index (χ3v) is 2.76. The zero-order valence-corrected chi connectivity index (χ0v) is 12.1. The molecule has 0 aliphatic carbocycles. The minimum Gasteiger partial charge on any atom is -0.354 e. The fraction of sp³-hybridized carbons (Fsp3) is 0.643. The zero-order valence-electron chi connectivity index (χ0n) is 12.1. The van der Waals surface area contributed by atoms with E-state index in [0.717, 1.165) is 24.2 Å². The van der Waals surface area contributed by atoms with Crippen molar-refractivity contribution >= 4 is 5.82 Å². The van der Waals surface area contributed by atoms with E-state index in [1.165, 1.54) is 4.90 Å². The first kappa shape index (κ1) is 15.8. The van der Waals surface area contributed by atoms with Crippen LogP contribution >= 0.6 is 0 Å². The molecule has 0 aliphatic heterocycles. The Morgan fingerprint density at radius 3 is 2.58 bits per heavy atom. The fourth-order valence-electron chi connectivity index (χ4n) is 1.92. The summed E-state index contributed by atoms with van der Waals surface area (Å²) in [6, 6.07) is 2.00. The molecule has 1 N–H and O–H groups in total. The van der Waals surface area contributed by atoms with Gasteiger partial charge in [0.2, 0.25) is 0 Å². The molecule has 0 bridgehead atoms. The molecule has 19 heavy (non-hydrogen) atoms. The second-order valence-electron chi connectivity index (χ2n) is 5.28. The van der Waals surface area contributed by atoms with Crippen LogP contribution in [0.1, 0.15) is 25.0 Å². The van der Waals surface area contributed by atoms with Gasteiger partial charge in [0.1, 0.15) is 5.82 Å². The van der Waals surface area contributed by atoms with Gasteiger partial charge in [-0.1, -0.05) is 13.8 Å². The zero-order chi connectivity index (χ0) is 14.4. The van der Waals surface area contributed by atoms with Crippen molar-refractivity contribution in [3.05, 3.63) is 23.4 Å². The predicted octanol–water partition coefficient (Wildman–Crippen LogP) is 2.84. The normalized spacial score (nSPS) is 11.4. The summed E-state index contributed by atoms with van der Waals surface area (Å²) < 4.78 is 24.7. The van der Waals surface area contributed by atoms with Crippen LogP contribution in [0.2, 0.25) is 0 Å². The van der Waals surface area contributed by atoms with Gasteiger partial charge in [0.05, 0.1) is 6.54 Å². The van der Waals surface area contributed by atoms with E-state index in [1.807, 2.05) is 13.0 Å². The van der Waals surface area contributed by atoms with Gasteiger partial charge in [0.25, 0.3) is 6.43 Å². The Balaban J connectivity index is 2.63. The first-order valence-electron chi connectivity index (χ1n) is 6.55. The average Bonchev–Trinajstić information content (AvgIpc) is 2.27. The molecule has 0 atom stereocenters. The molecule has 0 spiro atoms. The van der Waals surface area contributed by atoms with Gasteiger partial charge in [-0.25, -0.2) is 13.8 Å². The summed E-state index contributed by atoms with van der Waals surface area (Å²) >= 11 is 0. The van der Waals surface area contributed by atoms with Gasteiger partial charge in [-0.15, -0.1) is 0 Å². The molecule has 0 unspecified atom stereocenters. The molecule has 0 saturated carbocycles. The number of aryl methyl sites for hydroxylation is 1. The van der Waals surface area contributed by atoms with E-state index in [1.54, 1.807) is 13.2 Å². The molecule has 0 fully saturated rings. The standard InChI is InChI=1S/C14H23F2N3/c1-10(2)6-17-7-12-5-11(3)14(18-8-12)19(4)9-13(15)16/h5,8,10,13,17H,6-7,9H2,1-4H3. The van der Waals surface area contributed by atoms with Gasteiger partial charge in [-0.2, -0.15) is 0 Å². The molecule has 1 aromatic heterocycles. The van der Waals surface area contributed by atoms with Crippen molar-refractivity contribution in [2.24, 2.45) is 5.92 Å². The van der Waals surface area contributed by atoms with Gasteiger partial charge in [0.15, 0.2) is 0 Å². The largest absolute Gasteiger partial charge is 0.354 e. The van der Waals surface area contributed by atoms with Gasteiger partial charge in [-0.05, 0) is 36.6 Å². The maximum absolute atomic E-state index is 12.3. The molecular weight excluding hydrogens is 248 g/mol. The van der Waals surface area contributed by atoms with E-state index in [9.17, 15) is 8.78 Å². The highest BCUT2D eigenvalue weighted by Gasteiger charge is 2.12. The second kappa shape index (κ2) is 7.38. The second-order valence-corrected chi connectivity index (χ2v) is 5.28. The molecule has 0 saturated heterocycles. The molecule has 0 radical (unpaired) electrons. The van der Waals surface area contributed by atoms with Gasteiger partial charge in [-0.3, -0.25) is 0 Å². The molecule has 0 amide bonds. The quantitative estimate of drug-likeness (QED) is 0.826. The predicted molar refractivity (Wildman–Crippen MR) is 74.8 cm³/mol. The molecule has 0 aliphatic rings. The number of halogens is 2. The van der Waals surface area contributed by atoms with Crippen LogP contribution in [0.15, 0.2) is 12.3 Å². The van der Waals surface area contributed by atoms with Crippen LogP contribution in [0.5, 0.6) is 0 Å². The van der Waals surface area contributed by atoms with Crippen molar-refractivity contribution in [1.82, 2.24) is 10.3 Å². The molecule has 1 heterocycles. The van der Waals surface area contributed by atoms with Crippen molar-refractivity contribution in [2.75, 3.05) is 25.0 Å². The van der Waals surface area contributed by atoms with Crippen LogP contribution in [-0.2, 0) is 6.54 Å². The van der Waals surface area contributed by atoms with Crippen LogP contribution < -0.4 is 10.2 Å². The molecule has 0 aromatic carbocycles. The first-order valence-corrected chi connectivity index (χ1v) is 6.55. The molecular formula is C14H23F2N3. The highest BCUT2D eigenvalue weighted by molar-refractivity contribution is 5.46. The summed E-state index contributed by atoms with van der Waals surface area (Å²) in [7, 11) is 1.64. The van der Waals surface area contributed by atoms with Crippen molar-refractivity contribution in [2.45, 2.75) is 33.7 Å². The molecule has 1 aromatic rings. The monoisotopic (exact) mass is 271 g/mol. The SMILES string of the molecule is Cc1cc(CNCC(C)C)cnc1N(C)CC(F)F. The maximum Gasteiger partial charge on any atom is 0.255 e. The number of anilines is 1. The van der Waals surface area contributed by atoms with Crippen molar-refractivity contribution in [3.8, 4) is 0 Å². The number of nitrogens with zero attached hydrogens (tertiary/aromatic N) is 2. The average molecular weight is 271 g/mol. The lowest BCUT2D eigenvalue weighted by Crippen LogP contribution is -2.26. The van der Waals surface area contributed by atoms with Gasteiger partial charge in [0, 0.05) is 19.8 Å². The van der Waals surface area contributed by atoms with Crippen LogP contribution in [0.25, 0.3) is 0 Å². The van der Waals surface area contributed by atoms with E-state index < -0.39 is 6.43 Å². The van der Waals surface area contributed by atoms with Crippen LogP contribution in [0.4, 0.5) is 14.6 Å². The van der Waals surface area contributed by atoms with E-state index in [2.05, 4.69) is 24.1 Å². The molecule has 108 valence electrons. The summed E-state index contributed by atoms with van der Waals surface area (Å²) in [5.74, 6) is 1.22. The maximum atomic E-state index is 12.3. The Kier molecular flexibility index (Phi) is 6.15. The van der Waals surface area contributed by atoms with Crippen molar-refractivity contribution in [1.29, 1.82) is 0 Å². The third kappa shape index (κ3) is 5.51. The Morgan fingerprint density at radius 2 is 2.05 bits per heavy atom. The minimum atomic E-state index is -2.35. The molecule has 3 nitrogen and oxygen atoms in total. The van der Waals surface area contributed by atoms with Crippen molar-refractivity contribution in [3.63, 3.8) is 0 Å². The van der Waals surface area contributed by atoms with E-state index in [4.69, 9.17) is 0 Å². The summed E-state index contributed by atoms with van der Waals surface area (Å²) in [5.41, 5.74) is 2.00. The summed E-state index contributed by atoms with van der Waals surface area (Å²) in [6.45, 7) is 7.61. The van der Waals surface area contributed by atoms with E-state index in [0.29, 0.717) is 11.7 Å². The smallest absolute Gasteiger partial charge is 0.255 e. The van der Waals surface area contributed by atoms with Crippen molar-refractivity contribution < 1.29 is 8.78 Å². The Morgan fingerprint density at radius 1 is 1.37 bits per heavy atom. The summed E-state index contributed by atoms with van der Waals surface area (Å²) in [5, 5.41) is 3.34. The topological polar surface area (TPSA) is 28.2 Å². The number of rotatable bonds is 7. The number of hydrogen-bond donors (Lipinski definition) is 1. The molecule has 1 rings (SSSR count). The van der Waals surface area contributed by atoms with Crippen LogP contribution in [-0.4, -0.2) is 31.5 Å². The number of hydrogen-bond acceptors (Lipinski definition) is 3. The van der Waals surface area contributed by atoms with Crippen LogP contribution in [0, 0.1) is 12.8 Å². The van der Waals surface area contributed by atoms with Crippen LogP contribution in [0.3, 0.4) is 0 Å². The Bertz CT molecular complexity index is 394. The van der Waals surface area contributed by atoms with Gasteiger partial charge >= 0.3 is 0 Å². The Hall–Kier alpha value is -1.23. The highest BCUT2D eigenvalue weighted by Crippen LogP contribution is 2.17. The lowest BCUT2D eigenvalue weighted by molar-refractivity contribution is 0.156. The number of aromatic nitrogens is 1. The minimum absolute atomic E-state index is 0.293. The first-order chi connectivity index (χ1) is 8.90. The van der Waals surface area contributed by atoms with E-state index >= 15 is 0 Å². The summed E-state index contributed by atoms with van der Waals surface area (Å²) in [4.78, 5) is 5.77. The Labute approximate surface area is 114 Å². The lowest BCUT2D eigenvalue weighted by Gasteiger charge is -2.20. The lowest BCUT2D eigenvalue weighted by atomic mass is 10.2. The van der Waals surface area contributed by atoms with E-state index in [-0.39, 0.29) is 6.54 Å². The molecule has 5 heteroatoms. The highest BCUT2D eigenvalue weighted by atomic mass is 19.3. The van der Waals surface area contributed by atoms with Gasteiger partial charge < -0.3 is 10.2 Å². The number of nitrogens with one attached hydrogen (secondary N) is 1. The number of pyridine rings is 1. The summed E-state index contributed by atoms with van der Waals surface area (Å²) in [6.07, 6.45) is -0.601. The fourth-order valence-corrected chi connectivity index (χ4v) is 1.92.